The van der Waals surface area contributed by atoms with Gasteiger partial charge < -0.3 is 9.88 Å². The van der Waals surface area contributed by atoms with Crippen LogP contribution in [-0.2, 0) is 11.3 Å². The van der Waals surface area contributed by atoms with E-state index in [2.05, 4.69) is 17.2 Å². The third-order valence-corrected chi connectivity index (χ3v) is 2.73. The summed E-state index contributed by atoms with van der Waals surface area (Å²) in [6.45, 7) is 5.53. The van der Waals surface area contributed by atoms with Crippen molar-refractivity contribution in [1.29, 1.82) is 0 Å². The van der Waals surface area contributed by atoms with Gasteiger partial charge in [0, 0.05) is 25.5 Å². The quantitative estimate of drug-likeness (QED) is 0.746. The number of thioether (sulfide) groups is 1. The third-order valence-electron chi connectivity index (χ3n) is 1.72. The van der Waals surface area contributed by atoms with E-state index in [0.29, 0.717) is 12.3 Å². The van der Waals surface area contributed by atoms with Crippen molar-refractivity contribution >= 4 is 17.7 Å². The van der Waals surface area contributed by atoms with Crippen LogP contribution in [0.3, 0.4) is 0 Å². The standard InChI is InChI=1S/C9H15N3OS/c1-3-10-8(13)7-14-9-11-5-6-12(9)4-2/h5-6H,3-4,7H2,1-2H3,(H,10,13). The Hall–Kier alpha value is -0.970. The number of imidazole rings is 1. The molecule has 0 saturated heterocycles. The molecule has 1 aromatic heterocycles. The zero-order valence-electron chi connectivity index (χ0n) is 8.49. The second kappa shape index (κ2) is 5.70. The van der Waals surface area contributed by atoms with Crippen molar-refractivity contribution in [3.05, 3.63) is 12.4 Å². The molecule has 0 spiro atoms. The number of aryl methyl sites for hydroxylation is 1. The lowest BCUT2D eigenvalue weighted by Crippen LogP contribution is -2.24. The lowest BCUT2D eigenvalue weighted by Gasteiger charge is -2.03. The van der Waals surface area contributed by atoms with Gasteiger partial charge in [0.1, 0.15) is 0 Å². The Morgan fingerprint density at radius 1 is 1.64 bits per heavy atom. The van der Waals surface area contributed by atoms with E-state index in [0.717, 1.165) is 11.7 Å². The zero-order valence-corrected chi connectivity index (χ0v) is 9.30. The van der Waals surface area contributed by atoms with Crippen LogP contribution in [0.25, 0.3) is 0 Å². The fourth-order valence-electron chi connectivity index (χ4n) is 1.05. The molecule has 0 aliphatic carbocycles. The van der Waals surface area contributed by atoms with Crippen LogP contribution < -0.4 is 5.32 Å². The molecule has 78 valence electrons. The molecule has 0 fully saturated rings. The highest BCUT2D eigenvalue weighted by molar-refractivity contribution is 7.99. The van der Waals surface area contributed by atoms with Crippen LogP contribution in [0.2, 0.25) is 0 Å². The molecular weight excluding hydrogens is 198 g/mol. The topological polar surface area (TPSA) is 46.9 Å². The van der Waals surface area contributed by atoms with Crippen LogP contribution in [-0.4, -0.2) is 27.8 Å². The Balaban J connectivity index is 2.41. The van der Waals surface area contributed by atoms with Gasteiger partial charge >= 0.3 is 0 Å². The van der Waals surface area contributed by atoms with E-state index in [1.165, 1.54) is 11.8 Å². The fraction of sp³-hybridized carbons (Fsp3) is 0.556. The van der Waals surface area contributed by atoms with E-state index >= 15 is 0 Å². The molecule has 5 heteroatoms. The lowest BCUT2D eigenvalue weighted by molar-refractivity contribution is -0.118. The van der Waals surface area contributed by atoms with Crippen LogP contribution in [0.5, 0.6) is 0 Å². The average Bonchev–Trinajstić information content (AvgIpc) is 2.62. The molecule has 1 aromatic rings. The summed E-state index contributed by atoms with van der Waals surface area (Å²) in [4.78, 5) is 15.3. The number of rotatable bonds is 5. The van der Waals surface area contributed by atoms with Gasteiger partial charge in [0.2, 0.25) is 5.91 Å². The van der Waals surface area contributed by atoms with E-state index in [1.54, 1.807) is 6.20 Å². The summed E-state index contributed by atoms with van der Waals surface area (Å²) in [5, 5.41) is 3.65. The van der Waals surface area contributed by atoms with E-state index < -0.39 is 0 Å². The summed E-state index contributed by atoms with van der Waals surface area (Å²) in [7, 11) is 0. The molecule has 1 heterocycles. The molecule has 0 radical (unpaired) electrons. The van der Waals surface area contributed by atoms with Crippen LogP contribution >= 0.6 is 11.8 Å². The second-order valence-electron chi connectivity index (χ2n) is 2.74. The smallest absolute Gasteiger partial charge is 0.230 e. The summed E-state index contributed by atoms with van der Waals surface area (Å²) >= 11 is 1.47. The van der Waals surface area contributed by atoms with E-state index in [1.807, 2.05) is 17.7 Å². The van der Waals surface area contributed by atoms with Crippen molar-refractivity contribution in [1.82, 2.24) is 14.9 Å². The van der Waals surface area contributed by atoms with Crippen LogP contribution in [0.1, 0.15) is 13.8 Å². The number of nitrogens with one attached hydrogen (secondary N) is 1. The fourth-order valence-corrected chi connectivity index (χ4v) is 1.91. The normalized spacial score (nSPS) is 10.1. The van der Waals surface area contributed by atoms with Crippen molar-refractivity contribution in [2.75, 3.05) is 12.3 Å². The highest BCUT2D eigenvalue weighted by atomic mass is 32.2. The Labute approximate surface area is 88.1 Å². The molecule has 0 unspecified atom stereocenters. The maximum absolute atomic E-state index is 11.2. The third kappa shape index (κ3) is 3.06. The summed E-state index contributed by atoms with van der Waals surface area (Å²) in [6.07, 6.45) is 3.67. The Morgan fingerprint density at radius 3 is 3.07 bits per heavy atom. The molecule has 0 atom stereocenters. The van der Waals surface area contributed by atoms with E-state index in [9.17, 15) is 4.79 Å². The predicted molar refractivity (Wildman–Crippen MR) is 57.3 cm³/mol. The molecule has 0 saturated carbocycles. The minimum absolute atomic E-state index is 0.0585. The minimum Gasteiger partial charge on any atom is -0.356 e. The minimum atomic E-state index is 0.0585. The first-order valence-corrected chi connectivity index (χ1v) is 5.67. The van der Waals surface area contributed by atoms with E-state index in [-0.39, 0.29) is 5.91 Å². The Bertz CT molecular complexity index is 298. The number of hydrogen-bond donors (Lipinski definition) is 1. The van der Waals surface area contributed by atoms with Crippen LogP contribution in [0, 0.1) is 0 Å². The Morgan fingerprint density at radius 2 is 2.43 bits per heavy atom. The van der Waals surface area contributed by atoms with Gasteiger partial charge in [-0.1, -0.05) is 11.8 Å². The second-order valence-corrected chi connectivity index (χ2v) is 3.68. The highest BCUT2D eigenvalue weighted by Gasteiger charge is 2.05. The molecule has 0 aromatic carbocycles. The molecule has 14 heavy (non-hydrogen) atoms. The number of carbonyl (C=O) groups excluding carboxylic acids is 1. The first-order chi connectivity index (χ1) is 6.77. The number of carbonyl (C=O) groups is 1. The van der Waals surface area contributed by atoms with Crippen molar-refractivity contribution in [2.45, 2.75) is 25.5 Å². The van der Waals surface area contributed by atoms with Gasteiger partial charge in [-0.05, 0) is 13.8 Å². The SMILES string of the molecule is CCNC(=O)CSc1nccn1CC. The molecule has 4 nitrogen and oxygen atoms in total. The average molecular weight is 213 g/mol. The number of amides is 1. The first-order valence-electron chi connectivity index (χ1n) is 4.68. The zero-order chi connectivity index (χ0) is 10.4. The van der Waals surface area contributed by atoms with Gasteiger partial charge in [-0.3, -0.25) is 4.79 Å². The summed E-state index contributed by atoms with van der Waals surface area (Å²) in [5.41, 5.74) is 0. The van der Waals surface area contributed by atoms with Crippen molar-refractivity contribution < 1.29 is 4.79 Å². The van der Waals surface area contributed by atoms with Crippen LogP contribution in [0.4, 0.5) is 0 Å². The maximum Gasteiger partial charge on any atom is 0.230 e. The largest absolute Gasteiger partial charge is 0.356 e. The summed E-state index contributed by atoms with van der Waals surface area (Å²) < 4.78 is 2.02. The first kappa shape index (κ1) is 11.1. The van der Waals surface area contributed by atoms with Gasteiger partial charge in [-0.15, -0.1) is 0 Å². The molecular formula is C9H15N3OS. The van der Waals surface area contributed by atoms with Gasteiger partial charge in [0.05, 0.1) is 5.75 Å². The summed E-state index contributed by atoms with van der Waals surface area (Å²) in [5.74, 6) is 0.494. The van der Waals surface area contributed by atoms with E-state index in [4.69, 9.17) is 0 Å². The van der Waals surface area contributed by atoms with Crippen LogP contribution in [0.15, 0.2) is 17.6 Å². The lowest BCUT2D eigenvalue weighted by atomic mass is 10.6. The monoisotopic (exact) mass is 213 g/mol. The highest BCUT2D eigenvalue weighted by Crippen LogP contribution is 2.14. The summed E-state index contributed by atoms with van der Waals surface area (Å²) in [6, 6.07) is 0. The molecule has 0 bridgehead atoms. The molecule has 1 amide bonds. The number of nitrogens with zero attached hydrogens (tertiary/aromatic N) is 2. The van der Waals surface area contributed by atoms with Crippen molar-refractivity contribution in [3.63, 3.8) is 0 Å². The van der Waals surface area contributed by atoms with Gasteiger partial charge in [-0.25, -0.2) is 4.98 Å². The van der Waals surface area contributed by atoms with Gasteiger partial charge in [0.15, 0.2) is 5.16 Å². The molecule has 1 rings (SSSR count). The Kier molecular flexibility index (Phi) is 4.52. The molecule has 1 N–H and O–H groups in total. The van der Waals surface area contributed by atoms with Gasteiger partial charge in [-0.2, -0.15) is 0 Å². The van der Waals surface area contributed by atoms with Crippen molar-refractivity contribution in [2.24, 2.45) is 0 Å². The number of aromatic nitrogens is 2. The molecule has 0 aliphatic heterocycles. The molecule has 0 aliphatic rings. The maximum atomic E-state index is 11.2. The van der Waals surface area contributed by atoms with Gasteiger partial charge in [0.25, 0.3) is 0 Å². The predicted octanol–water partition coefficient (Wildman–Crippen LogP) is 1.13. The van der Waals surface area contributed by atoms with Crippen molar-refractivity contribution in [3.8, 4) is 0 Å². The number of hydrogen-bond acceptors (Lipinski definition) is 3.